The molecule has 0 atom stereocenters. The van der Waals surface area contributed by atoms with Crippen LogP contribution in [0.4, 0.5) is 11.4 Å². The minimum Gasteiger partial charge on any atom is -0.326 e. The Morgan fingerprint density at radius 3 is 1.41 bits per heavy atom. The molecule has 2 aromatic rings. The Morgan fingerprint density at radius 2 is 1.00 bits per heavy atom. The van der Waals surface area contributed by atoms with Crippen molar-refractivity contribution in [3.8, 4) is 0 Å². The van der Waals surface area contributed by atoms with Crippen molar-refractivity contribution >= 4 is 23.2 Å². The summed E-state index contributed by atoms with van der Waals surface area (Å²) in [6.45, 7) is 8.10. The third kappa shape index (κ3) is 16.4. The van der Waals surface area contributed by atoms with E-state index < -0.39 is 0 Å². The van der Waals surface area contributed by atoms with Crippen LogP contribution < -0.4 is 10.6 Å². The van der Waals surface area contributed by atoms with Gasteiger partial charge in [0.05, 0.1) is 0 Å². The Morgan fingerprint density at radius 1 is 0.585 bits per heavy atom. The molecule has 0 heterocycles. The van der Waals surface area contributed by atoms with E-state index >= 15 is 0 Å². The minimum absolute atomic E-state index is 0.0480. The van der Waals surface area contributed by atoms with Crippen LogP contribution in [0.5, 0.6) is 0 Å². The zero-order chi connectivity index (χ0) is 29.7. The quantitative estimate of drug-likeness (QED) is 0.144. The van der Waals surface area contributed by atoms with Crippen molar-refractivity contribution in [2.45, 2.75) is 97.3 Å². The summed E-state index contributed by atoms with van der Waals surface area (Å²) in [5.74, 6) is 0.0960. The van der Waals surface area contributed by atoms with Crippen LogP contribution in [-0.2, 0) is 16.0 Å². The molecule has 0 aliphatic rings. The number of anilines is 2. The maximum Gasteiger partial charge on any atom is 0.225 e. The molecule has 2 amide bonds. The van der Waals surface area contributed by atoms with Crippen LogP contribution in [0, 0.1) is 0 Å². The van der Waals surface area contributed by atoms with E-state index in [0.29, 0.717) is 12.8 Å². The Kier molecular flexibility index (Phi) is 17.7. The second-order valence-electron chi connectivity index (χ2n) is 11.6. The average Bonchev–Trinajstić information content (AvgIpc) is 2.95. The van der Waals surface area contributed by atoms with E-state index in [0.717, 1.165) is 55.1 Å². The molecule has 0 aromatic heterocycles. The molecule has 2 N–H and O–H groups in total. The number of nitrogens with one attached hydrogen (secondary N) is 2. The molecule has 0 spiro atoms. The molecule has 0 unspecified atom stereocenters. The third-order valence-corrected chi connectivity index (χ3v) is 7.56. The van der Waals surface area contributed by atoms with E-state index in [4.69, 9.17) is 0 Å². The van der Waals surface area contributed by atoms with Gasteiger partial charge >= 0.3 is 0 Å². The lowest BCUT2D eigenvalue weighted by molar-refractivity contribution is -0.117. The van der Waals surface area contributed by atoms with E-state index in [2.05, 4.69) is 60.5 Å². The first-order valence-electron chi connectivity index (χ1n) is 16.0. The van der Waals surface area contributed by atoms with Crippen molar-refractivity contribution in [2.24, 2.45) is 0 Å². The topological polar surface area (TPSA) is 64.7 Å². The fourth-order valence-electron chi connectivity index (χ4n) is 4.98. The van der Waals surface area contributed by atoms with Crippen LogP contribution in [0.3, 0.4) is 0 Å². The monoisotopic (exact) mass is 564 g/mol. The summed E-state index contributed by atoms with van der Waals surface area (Å²) in [7, 11) is 4.19. The minimum atomic E-state index is 0.0480. The van der Waals surface area contributed by atoms with Gasteiger partial charge in [0.15, 0.2) is 0 Å². The molecular formula is C35H56N4O2. The highest BCUT2D eigenvalue weighted by Crippen LogP contribution is 2.18. The number of hydrogen-bond acceptors (Lipinski definition) is 4. The first-order chi connectivity index (χ1) is 19.9. The van der Waals surface area contributed by atoms with E-state index in [-0.39, 0.29) is 11.8 Å². The summed E-state index contributed by atoms with van der Waals surface area (Å²) in [5, 5.41) is 6.13. The van der Waals surface area contributed by atoms with Gasteiger partial charge in [-0.2, -0.15) is 0 Å². The van der Waals surface area contributed by atoms with Gasteiger partial charge in [-0.3, -0.25) is 9.59 Å². The van der Waals surface area contributed by atoms with Crippen LogP contribution in [0.25, 0.3) is 0 Å². The molecule has 0 radical (unpaired) electrons. The lowest BCUT2D eigenvalue weighted by Crippen LogP contribution is -2.25. The molecule has 0 aliphatic heterocycles. The second kappa shape index (κ2) is 21.1. The zero-order valence-electron chi connectivity index (χ0n) is 26.4. The highest BCUT2D eigenvalue weighted by atomic mass is 16.2. The molecule has 0 fully saturated rings. The number of carbonyl (C=O) groups excluding carboxylic acids is 2. The molecular weight excluding hydrogens is 508 g/mol. The van der Waals surface area contributed by atoms with Crippen molar-refractivity contribution in [1.82, 2.24) is 9.80 Å². The number of benzene rings is 2. The first-order valence-corrected chi connectivity index (χ1v) is 16.0. The van der Waals surface area contributed by atoms with Crippen molar-refractivity contribution in [3.63, 3.8) is 0 Å². The Bertz CT molecular complexity index is 930. The SMILES string of the molecule is CCCCCCCN(C)CCC(=O)Nc1cccc(Cc2cccc(NC(=O)CCN(C)CCCCCCC)c2)c1. The summed E-state index contributed by atoms with van der Waals surface area (Å²) in [5.41, 5.74) is 3.90. The second-order valence-corrected chi connectivity index (χ2v) is 11.6. The van der Waals surface area contributed by atoms with E-state index in [1.54, 1.807) is 0 Å². The van der Waals surface area contributed by atoms with Gasteiger partial charge in [-0.15, -0.1) is 0 Å². The zero-order valence-corrected chi connectivity index (χ0v) is 26.4. The standard InChI is InChI=1S/C35H56N4O2/c1-5-7-9-11-13-23-38(3)25-21-34(40)36-32-19-15-17-30(28-32)27-31-18-16-20-33(29-31)37-35(41)22-26-39(4)24-14-12-10-8-6-2/h15-20,28-29H,5-14,21-27H2,1-4H3,(H,36,40)(H,37,41). The van der Waals surface area contributed by atoms with Gasteiger partial charge in [0.25, 0.3) is 0 Å². The lowest BCUT2D eigenvalue weighted by Gasteiger charge is -2.16. The van der Waals surface area contributed by atoms with E-state index in [1.165, 1.54) is 64.2 Å². The summed E-state index contributed by atoms with van der Waals surface area (Å²) in [6, 6.07) is 16.1. The van der Waals surface area contributed by atoms with E-state index in [1.807, 2.05) is 36.4 Å². The maximum atomic E-state index is 12.6. The van der Waals surface area contributed by atoms with Crippen molar-refractivity contribution in [1.29, 1.82) is 0 Å². The molecule has 2 aromatic carbocycles. The van der Waals surface area contributed by atoms with Gasteiger partial charge in [-0.25, -0.2) is 0 Å². The predicted molar refractivity (Wildman–Crippen MR) is 175 cm³/mol. The Labute approximate surface area is 250 Å². The predicted octanol–water partition coefficient (Wildman–Crippen LogP) is 7.74. The maximum absolute atomic E-state index is 12.6. The van der Waals surface area contributed by atoms with Gasteiger partial charge in [-0.1, -0.05) is 89.5 Å². The number of amides is 2. The summed E-state index contributed by atoms with van der Waals surface area (Å²) < 4.78 is 0. The fraction of sp³-hybridized carbons (Fsp3) is 0.600. The number of rotatable bonds is 22. The van der Waals surface area contributed by atoms with Gasteiger partial charge in [0.1, 0.15) is 0 Å². The molecule has 228 valence electrons. The molecule has 41 heavy (non-hydrogen) atoms. The normalized spacial score (nSPS) is 11.3. The van der Waals surface area contributed by atoms with Crippen molar-refractivity contribution in [3.05, 3.63) is 59.7 Å². The lowest BCUT2D eigenvalue weighted by atomic mass is 10.0. The number of carbonyl (C=O) groups is 2. The van der Waals surface area contributed by atoms with E-state index in [9.17, 15) is 9.59 Å². The van der Waals surface area contributed by atoms with Gasteiger partial charge in [-0.05, 0) is 81.8 Å². The molecule has 6 nitrogen and oxygen atoms in total. The van der Waals surface area contributed by atoms with Gasteiger partial charge < -0.3 is 20.4 Å². The van der Waals surface area contributed by atoms with Crippen LogP contribution >= 0.6 is 0 Å². The van der Waals surface area contributed by atoms with Gasteiger partial charge in [0, 0.05) is 37.3 Å². The Hall–Kier alpha value is -2.70. The molecule has 0 saturated heterocycles. The number of unbranched alkanes of at least 4 members (excludes halogenated alkanes) is 8. The highest BCUT2D eigenvalue weighted by molar-refractivity contribution is 5.91. The average molecular weight is 565 g/mol. The summed E-state index contributed by atoms with van der Waals surface area (Å²) >= 11 is 0. The van der Waals surface area contributed by atoms with Crippen molar-refractivity contribution < 1.29 is 9.59 Å². The first kappa shape index (κ1) is 34.5. The number of nitrogens with zero attached hydrogens (tertiary/aromatic N) is 2. The van der Waals surface area contributed by atoms with Crippen LogP contribution in [0.15, 0.2) is 48.5 Å². The number of hydrogen-bond donors (Lipinski definition) is 2. The third-order valence-electron chi connectivity index (χ3n) is 7.56. The Balaban J connectivity index is 1.75. The van der Waals surface area contributed by atoms with Crippen LogP contribution in [-0.4, -0.2) is 61.9 Å². The molecule has 2 rings (SSSR count). The van der Waals surface area contributed by atoms with Gasteiger partial charge in [0.2, 0.25) is 11.8 Å². The smallest absolute Gasteiger partial charge is 0.225 e. The molecule has 0 aliphatic carbocycles. The molecule has 0 saturated carbocycles. The molecule has 6 heteroatoms. The summed E-state index contributed by atoms with van der Waals surface area (Å²) in [6.07, 6.45) is 14.4. The largest absolute Gasteiger partial charge is 0.326 e. The highest BCUT2D eigenvalue weighted by Gasteiger charge is 2.08. The van der Waals surface area contributed by atoms with Crippen molar-refractivity contribution in [2.75, 3.05) is 50.9 Å². The fourth-order valence-corrected chi connectivity index (χ4v) is 4.98. The van der Waals surface area contributed by atoms with Crippen LogP contribution in [0.1, 0.15) is 102 Å². The summed E-state index contributed by atoms with van der Waals surface area (Å²) in [4.78, 5) is 29.6. The van der Waals surface area contributed by atoms with Crippen LogP contribution in [0.2, 0.25) is 0 Å². The molecule has 0 bridgehead atoms.